The molecule has 0 saturated carbocycles. The quantitative estimate of drug-likeness (QED) is 0.762. The molecule has 1 aliphatic rings. The van der Waals surface area contributed by atoms with Gasteiger partial charge in [-0.2, -0.15) is 0 Å². The normalized spacial score (nSPS) is 17.7. The summed E-state index contributed by atoms with van der Waals surface area (Å²) >= 11 is 1.81. The van der Waals surface area contributed by atoms with Crippen molar-refractivity contribution in [3.63, 3.8) is 0 Å². The molecule has 0 spiro atoms. The molecule has 0 bridgehead atoms. The van der Waals surface area contributed by atoms with Gasteiger partial charge in [0.15, 0.2) is 0 Å². The number of nitrogen functional groups attached to an aromatic ring is 1. The fourth-order valence-corrected chi connectivity index (χ4v) is 3.52. The fourth-order valence-electron chi connectivity index (χ4n) is 2.36. The largest absolute Gasteiger partial charge is 0.398 e. The van der Waals surface area contributed by atoms with Crippen LogP contribution in [0.1, 0.15) is 29.3 Å². The molecular formula is C13H17N3S. The molecule has 0 aliphatic carbocycles. The number of nitrogens with zero attached hydrogens (tertiary/aromatic N) is 1. The standard InChI is InChI=1S/C13H17N3S/c1-8-6-11-12(7-10(8)14)17-13(16-11)9-2-4-15-5-3-9/h6-7,9,15H,2-5,14H2,1H3. The highest BCUT2D eigenvalue weighted by Crippen LogP contribution is 2.33. The number of benzene rings is 1. The number of nitrogens with one attached hydrogen (secondary N) is 1. The number of rotatable bonds is 1. The number of nitrogens with two attached hydrogens (primary N) is 1. The minimum Gasteiger partial charge on any atom is -0.398 e. The van der Waals surface area contributed by atoms with Crippen LogP contribution >= 0.6 is 11.3 Å². The zero-order valence-corrected chi connectivity index (χ0v) is 10.8. The van der Waals surface area contributed by atoms with Crippen LogP contribution in [0, 0.1) is 6.92 Å². The van der Waals surface area contributed by atoms with Crippen LogP contribution in [0.5, 0.6) is 0 Å². The monoisotopic (exact) mass is 247 g/mol. The van der Waals surface area contributed by atoms with Gasteiger partial charge >= 0.3 is 0 Å². The number of hydrogen-bond acceptors (Lipinski definition) is 4. The molecule has 17 heavy (non-hydrogen) atoms. The van der Waals surface area contributed by atoms with E-state index >= 15 is 0 Å². The number of fused-ring (bicyclic) bond motifs is 1. The Morgan fingerprint density at radius 3 is 2.88 bits per heavy atom. The van der Waals surface area contributed by atoms with Crippen LogP contribution in [-0.4, -0.2) is 18.1 Å². The summed E-state index contributed by atoms with van der Waals surface area (Å²) in [7, 11) is 0. The molecule has 3 nitrogen and oxygen atoms in total. The Labute approximate surface area is 105 Å². The molecule has 1 fully saturated rings. The van der Waals surface area contributed by atoms with Gasteiger partial charge in [-0.05, 0) is 50.6 Å². The van der Waals surface area contributed by atoms with Crippen molar-refractivity contribution in [2.75, 3.05) is 18.8 Å². The predicted octanol–water partition coefficient (Wildman–Crippen LogP) is 2.65. The molecule has 1 aromatic carbocycles. The van der Waals surface area contributed by atoms with Crippen LogP contribution in [-0.2, 0) is 0 Å². The van der Waals surface area contributed by atoms with Crippen molar-refractivity contribution in [3.05, 3.63) is 22.7 Å². The topological polar surface area (TPSA) is 50.9 Å². The Morgan fingerprint density at radius 1 is 1.35 bits per heavy atom. The summed E-state index contributed by atoms with van der Waals surface area (Å²) < 4.78 is 1.22. The molecule has 1 saturated heterocycles. The van der Waals surface area contributed by atoms with E-state index in [0.29, 0.717) is 5.92 Å². The number of aromatic nitrogens is 1. The van der Waals surface area contributed by atoms with Gasteiger partial charge in [0, 0.05) is 11.6 Å². The van der Waals surface area contributed by atoms with E-state index in [9.17, 15) is 0 Å². The van der Waals surface area contributed by atoms with E-state index in [1.54, 1.807) is 0 Å². The van der Waals surface area contributed by atoms with Crippen molar-refractivity contribution < 1.29 is 0 Å². The van der Waals surface area contributed by atoms with E-state index in [1.807, 2.05) is 18.3 Å². The second-order valence-corrected chi connectivity index (χ2v) is 5.82. The maximum absolute atomic E-state index is 5.94. The van der Waals surface area contributed by atoms with Crippen molar-refractivity contribution in [3.8, 4) is 0 Å². The zero-order valence-electron chi connectivity index (χ0n) is 9.99. The highest BCUT2D eigenvalue weighted by atomic mass is 32.1. The molecule has 90 valence electrons. The van der Waals surface area contributed by atoms with E-state index in [1.165, 1.54) is 22.5 Å². The lowest BCUT2D eigenvalue weighted by Gasteiger charge is -2.20. The van der Waals surface area contributed by atoms with Gasteiger partial charge in [-0.25, -0.2) is 4.98 Å². The first-order chi connectivity index (χ1) is 8.24. The van der Waals surface area contributed by atoms with Crippen molar-refractivity contribution in [2.24, 2.45) is 0 Å². The first-order valence-electron chi connectivity index (χ1n) is 6.11. The van der Waals surface area contributed by atoms with Crippen molar-refractivity contribution in [1.29, 1.82) is 0 Å². The summed E-state index contributed by atoms with van der Waals surface area (Å²) in [5, 5.41) is 4.68. The Morgan fingerprint density at radius 2 is 2.12 bits per heavy atom. The lowest BCUT2D eigenvalue weighted by molar-refractivity contribution is 0.459. The summed E-state index contributed by atoms with van der Waals surface area (Å²) in [5.74, 6) is 0.634. The van der Waals surface area contributed by atoms with Gasteiger partial charge in [-0.1, -0.05) is 0 Å². The van der Waals surface area contributed by atoms with Crippen molar-refractivity contribution >= 4 is 27.2 Å². The lowest BCUT2D eigenvalue weighted by atomic mass is 9.99. The summed E-state index contributed by atoms with van der Waals surface area (Å²) in [4.78, 5) is 4.77. The smallest absolute Gasteiger partial charge is 0.0970 e. The predicted molar refractivity (Wildman–Crippen MR) is 73.6 cm³/mol. The highest BCUT2D eigenvalue weighted by Gasteiger charge is 2.19. The molecule has 0 unspecified atom stereocenters. The Hall–Kier alpha value is -1.13. The number of anilines is 1. The van der Waals surface area contributed by atoms with Crippen LogP contribution in [0.15, 0.2) is 12.1 Å². The molecule has 0 amide bonds. The van der Waals surface area contributed by atoms with Gasteiger partial charge in [0.2, 0.25) is 0 Å². The maximum Gasteiger partial charge on any atom is 0.0970 e. The van der Waals surface area contributed by atoms with E-state index < -0.39 is 0 Å². The first-order valence-corrected chi connectivity index (χ1v) is 6.93. The molecule has 0 atom stereocenters. The fraction of sp³-hybridized carbons (Fsp3) is 0.462. The molecule has 1 aliphatic heterocycles. The zero-order chi connectivity index (χ0) is 11.8. The van der Waals surface area contributed by atoms with E-state index in [0.717, 1.165) is 29.9 Å². The van der Waals surface area contributed by atoms with Gasteiger partial charge in [0.1, 0.15) is 0 Å². The Balaban J connectivity index is 2.00. The number of aryl methyl sites for hydroxylation is 1. The number of piperidine rings is 1. The summed E-state index contributed by atoms with van der Waals surface area (Å²) in [5.41, 5.74) is 9.05. The molecule has 3 rings (SSSR count). The SMILES string of the molecule is Cc1cc2nc(C3CCNCC3)sc2cc1N. The number of thiazole rings is 1. The molecule has 2 heterocycles. The first kappa shape index (κ1) is 11.0. The van der Waals surface area contributed by atoms with Crippen molar-refractivity contribution in [1.82, 2.24) is 10.3 Å². The molecule has 1 aromatic heterocycles. The third kappa shape index (κ3) is 2.03. The lowest BCUT2D eigenvalue weighted by Crippen LogP contribution is -2.26. The second-order valence-electron chi connectivity index (χ2n) is 4.75. The van der Waals surface area contributed by atoms with E-state index in [2.05, 4.69) is 17.4 Å². The average molecular weight is 247 g/mol. The third-order valence-corrected chi connectivity index (χ3v) is 4.66. The molecule has 3 N–H and O–H groups in total. The Kier molecular flexibility index (Phi) is 2.76. The van der Waals surface area contributed by atoms with Crippen LogP contribution in [0.4, 0.5) is 5.69 Å². The third-order valence-electron chi connectivity index (χ3n) is 3.48. The maximum atomic E-state index is 5.94. The highest BCUT2D eigenvalue weighted by molar-refractivity contribution is 7.18. The molecule has 4 heteroatoms. The number of hydrogen-bond donors (Lipinski definition) is 2. The molecular weight excluding hydrogens is 230 g/mol. The van der Waals surface area contributed by atoms with Gasteiger partial charge in [-0.3, -0.25) is 0 Å². The van der Waals surface area contributed by atoms with Gasteiger partial charge in [-0.15, -0.1) is 11.3 Å². The van der Waals surface area contributed by atoms with Crippen LogP contribution in [0.25, 0.3) is 10.2 Å². The molecule has 0 radical (unpaired) electrons. The van der Waals surface area contributed by atoms with Gasteiger partial charge < -0.3 is 11.1 Å². The second kappa shape index (κ2) is 4.27. The average Bonchev–Trinajstić information content (AvgIpc) is 2.74. The van der Waals surface area contributed by atoms with Gasteiger partial charge in [0.25, 0.3) is 0 Å². The molecule has 2 aromatic rings. The summed E-state index contributed by atoms with van der Waals surface area (Å²) in [6, 6.07) is 4.17. The van der Waals surface area contributed by atoms with Crippen LogP contribution in [0.2, 0.25) is 0 Å². The Bertz CT molecular complexity index is 502. The van der Waals surface area contributed by atoms with Crippen LogP contribution < -0.4 is 11.1 Å². The minimum absolute atomic E-state index is 0.634. The van der Waals surface area contributed by atoms with Crippen LogP contribution in [0.3, 0.4) is 0 Å². The van der Waals surface area contributed by atoms with E-state index in [4.69, 9.17) is 10.7 Å². The van der Waals surface area contributed by atoms with Gasteiger partial charge in [0.05, 0.1) is 15.2 Å². The van der Waals surface area contributed by atoms with E-state index in [-0.39, 0.29) is 0 Å². The minimum atomic E-state index is 0.634. The summed E-state index contributed by atoms with van der Waals surface area (Å²) in [6.45, 7) is 4.27. The van der Waals surface area contributed by atoms with Crippen molar-refractivity contribution in [2.45, 2.75) is 25.7 Å². The summed E-state index contributed by atoms with van der Waals surface area (Å²) in [6.07, 6.45) is 2.41.